The van der Waals surface area contributed by atoms with E-state index in [1.807, 2.05) is 0 Å². The van der Waals surface area contributed by atoms with Crippen molar-refractivity contribution in [3.05, 3.63) is 34.9 Å². The maximum absolute atomic E-state index is 11.4. The van der Waals surface area contributed by atoms with Crippen LogP contribution in [0.25, 0.3) is 0 Å². The van der Waals surface area contributed by atoms with Crippen molar-refractivity contribution in [1.29, 1.82) is 0 Å². The summed E-state index contributed by atoms with van der Waals surface area (Å²) in [5, 5.41) is 8.83. The van der Waals surface area contributed by atoms with E-state index in [4.69, 9.17) is 5.11 Å². The lowest BCUT2D eigenvalue weighted by atomic mass is 9.98. The summed E-state index contributed by atoms with van der Waals surface area (Å²) in [5.74, 6) is -1.01. The molecule has 0 aromatic heterocycles. The van der Waals surface area contributed by atoms with Crippen molar-refractivity contribution in [3.8, 4) is 0 Å². The fourth-order valence-corrected chi connectivity index (χ4v) is 1.36. The number of carboxylic acids is 1. The van der Waals surface area contributed by atoms with Gasteiger partial charge < -0.3 is 5.11 Å². The van der Waals surface area contributed by atoms with Crippen LogP contribution in [0.1, 0.15) is 39.6 Å². The van der Waals surface area contributed by atoms with E-state index in [1.165, 1.54) is 6.07 Å². The van der Waals surface area contributed by atoms with Gasteiger partial charge in [0.05, 0.1) is 5.56 Å². The minimum absolute atomic E-state index is 0.0226. The third kappa shape index (κ3) is 1.82. The fourth-order valence-electron chi connectivity index (χ4n) is 1.36. The van der Waals surface area contributed by atoms with Gasteiger partial charge in [0.15, 0.2) is 5.78 Å². The molecule has 1 aromatic rings. The van der Waals surface area contributed by atoms with Crippen LogP contribution >= 0.6 is 0 Å². The first-order chi connectivity index (χ1) is 6.57. The van der Waals surface area contributed by atoms with Gasteiger partial charge in [-0.15, -0.1) is 0 Å². The molecule has 14 heavy (non-hydrogen) atoms. The first-order valence-corrected chi connectivity index (χ1v) is 4.44. The van der Waals surface area contributed by atoms with Gasteiger partial charge in [-0.3, -0.25) is 4.79 Å². The van der Waals surface area contributed by atoms with Crippen LogP contribution in [-0.4, -0.2) is 16.9 Å². The van der Waals surface area contributed by atoms with Crippen molar-refractivity contribution in [2.45, 2.75) is 20.3 Å². The summed E-state index contributed by atoms with van der Waals surface area (Å²) in [6.07, 6.45) is 0.393. The van der Waals surface area contributed by atoms with Crippen LogP contribution in [0.2, 0.25) is 0 Å². The van der Waals surface area contributed by atoms with E-state index in [9.17, 15) is 9.59 Å². The number of benzene rings is 1. The first kappa shape index (κ1) is 10.4. The van der Waals surface area contributed by atoms with Crippen molar-refractivity contribution < 1.29 is 14.7 Å². The Hall–Kier alpha value is -1.64. The third-order valence-electron chi connectivity index (χ3n) is 2.19. The fraction of sp³-hybridized carbons (Fsp3) is 0.273. The van der Waals surface area contributed by atoms with Crippen LogP contribution in [-0.2, 0) is 0 Å². The van der Waals surface area contributed by atoms with E-state index in [1.54, 1.807) is 26.0 Å². The Bertz CT molecular complexity index is 380. The molecule has 0 aliphatic heterocycles. The van der Waals surface area contributed by atoms with E-state index in [2.05, 4.69) is 0 Å². The Morgan fingerprint density at radius 3 is 2.36 bits per heavy atom. The Kier molecular flexibility index (Phi) is 3.02. The molecule has 0 spiro atoms. The molecule has 1 N–H and O–H groups in total. The highest BCUT2D eigenvalue weighted by molar-refractivity contribution is 6.00. The van der Waals surface area contributed by atoms with Gasteiger partial charge in [-0.1, -0.05) is 19.1 Å². The smallest absolute Gasteiger partial charge is 0.335 e. The Morgan fingerprint density at radius 2 is 1.86 bits per heavy atom. The summed E-state index contributed by atoms with van der Waals surface area (Å²) in [6, 6.07) is 4.76. The van der Waals surface area contributed by atoms with Gasteiger partial charge in [-0.05, 0) is 18.6 Å². The van der Waals surface area contributed by atoms with Crippen molar-refractivity contribution in [2.24, 2.45) is 0 Å². The van der Waals surface area contributed by atoms with Gasteiger partial charge in [-0.2, -0.15) is 0 Å². The van der Waals surface area contributed by atoms with Gasteiger partial charge in [0.25, 0.3) is 0 Å². The highest BCUT2D eigenvalue weighted by atomic mass is 16.4. The molecule has 0 fully saturated rings. The summed E-state index contributed by atoms with van der Waals surface area (Å²) in [6.45, 7) is 3.42. The molecular weight excluding hydrogens is 180 g/mol. The zero-order chi connectivity index (χ0) is 10.7. The number of carboxylic acid groups (broad SMARTS) is 1. The van der Waals surface area contributed by atoms with Crippen LogP contribution in [0.5, 0.6) is 0 Å². The maximum atomic E-state index is 11.4. The van der Waals surface area contributed by atoms with Gasteiger partial charge >= 0.3 is 5.97 Å². The molecule has 0 atom stereocenters. The Morgan fingerprint density at radius 1 is 1.29 bits per heavy atom. The monoisotopic (exact) mass is 192 g/mol. The number of carbonyl (C=O) groups excluding carboxylic acids is 1. The van der Waals surface area contributed by atoms with Gasteiger partial charge in [0, 0.05) is 12.0 Å². The van der Waals surface area contributed by atoms with Crippen molar-refractivity contribution in [2.75, 3.05) is 0 Å². The summed E-state index contributed by atoms with van der Waals surface area (Å²) in [4.78, 5) is 22.2. The number of aromatic carboxylic acids is 1. The van der Waals surface area contributed by atoms with Crippen molar-refractivity contribution >= 4 is 11.8 Å². The molecule has 3 nitrogen and oxygen atoms in total. The second-order valence-electron chi connectivity index (χ2n) is 3.06. The highest BCUT2D eigenvalue weighted by Gasteiger charge is 2.13. The molecule has 0 radical (unpaired) electrons. The van der Waals surface area contributed by atoms with Crippen molar-refractivity contribution in [3.63, 3.8) is 0 Å². The molecule has 1 rings (SSSR count). The topological polar surface area (TPSA) is 54.4 Å². The molecular formula is C11H12O3. The normalized spacial score (nSPS) is 9.86. The quantitative estimate of drug-likeness (QED) is 0.747. The van der Waals surface area contributed by atoms with Crippen LogP contribution in [0.3, 0.4) is 0 Å². The molecule has 0 saturated heterocycles. The molecule has 0 bridgehead atoms. The first-order valence-electron chi connectivity index (χ1n) is 4.44. The average molecular weight is 192 g/mol. The largest absolute Gasteiger partial charge is 0.478 e. The summed E-state index contributed by atoms with van der Waals surface area (Å²) >= 11 is 0. The molecule has 74 valence electrons. The predicted octanol–water partition coefficient (Wildman–Crippen LogP) is 2.29. The lowest BCUT2D eigenvalue weighted by Crippen LogP contribution is -2.06. The standard InChI is InChI=1S/C11H12O3/c1-3-10(12)8-5-4-6-9(7(8)2)11(13)14/h4-6H,3H2,1-2H3,(H,13,14). The third-order valence-corrected chi connectivity index (χ3v) is 2.19. The SMILES string of the molecule is CCC(=O)c1cccc(C(=O)O)c1C. The molecule has 0 heterocycles. The number of hydrogen-bond acceptors (Lipinski definition) is 2. The lowest BCUT2D eigenvalue weighted by molar-refractivity contribution is 0.0696. The van der Waals surface area contributed by atoms with Crippen LogP contribution in [0.4, 0.5) is 0 Å². The highest BCUT2D eigenvalue weighted by Crippen LogP contribution is 2.15. The summed E-state index contributed by atoms with van der Waals surface area (Å²) < 4.78 is 0. The van der Waals surface area contributed by atoms with Crippen LogP contribution in [0.15, 0.2) is 18.2 Å². The molecule has 0 saturated carbocycles. The number of carbonyl (C=O) groups is 2. The van der Waals surface area contributed by atoms with E-state index < -0.39 is 5.97 Å². The zero-order valence-corrected chi connectivity index (χ0v) is 8.20. The molecule has 1 aromatic carbocycles. The molecule has 3 heteroatoms. The van der Waals surface area contributed by atoms with Crippen LogP contribution in [0, 0.1) is 6.92 Å². The second-order valence-corrected chi connectivity index (χ2v) is 3.06. The average Bonchev–Trinajstić information content (AvgIpc) is 2.16. The number of rotatable bonds is 3. The summed E-state index contributed by atoms with van der Waals surface area (Å²) in [7, 11) is 0. The minimum Gasteiger partial charge on any atom is -0.478 e. The molecule has 0 amide bonds. The Balaban J connectivity index is 3.27. The van der Waals surface area contributed by atoms with E-state index in [0.717, 1.165) is 0 Å². The van der Waals surface area contributed by atoms with Crippen molar-refractivity contribution in [1.82, 2.24) is 0 Å². The zero-order valence-electron chi connectivity index (χ0n) is 8.20. The Labute approximate surface area is 82.4 Å². The molecule has 0 aliphatic carbocycles. The number of Topliss-reactive ketones (excluding diaryl/α,β-unsaturated/α-hetero) is 1. The predicted molar refractivity (Wildman–Crippen MR) is 52.8 cm³/mol. The summed E-state index contributed by atoms with van der Waals surface area (Å²) in [5.41, 5.74) is 1.25. The minimum atomic E-state index is -0.992. The van der Waals surface area contributed by atoms with Gasteiger partial charge in [-0.25, -0.2) is 4.79 Å². The van der Waals surface area contributed by atoms with E-state index in [0.29, 0.717) is 17.5 Å². The van der Waals surface area contributed by atoms with E-state index in [-0.39, 0.29) is 11.3 Å². The molecule has 0 aliphatic rings. The second kappa shape index (κ2) is 4.05. The number of ketones is 1. The van der Waals surface area contributed by atoms with Crippen LogP contribution < -0.4 is 0 Å². The lowest BCUT2D eigenvalue weighted by Gasteiger charge is -2.05. The van der Waals surface area contributed by atoms with Gasteiger partial charge in [0.1, 0.15) is 0 Å². The molecule has 0 unspecified atom stereocenters. The van der Waals surface area contributed by atoms with Gasteiger partial charge in [0.2, 0.25) is 0 Å². The van der Waals surface area contributed by atoms with E-state index >= 15 is 0 Å². The maximum Gasteiger partial charge on any atom is 0.335 e. The number of hydrogen-bond donors (Lipinski definition) is 1.